The third-order valence-electron chi connectivity index (χ3n) is 4.16. The van der Waals surface area contributed by atoms with Crippen LogP contribution in [0.4, 0.5) is 0 Å². The molecule has 2 aromatic heterocycles. The SMILES string of the molecule is CC(CNC(=O)CCc1csc(-c2ccncc2)n1)Cc1ccccc1. The van der Waals surface area contributed by atoms with E-state index in [0.29, 0.717) is 25.3 Å². The summed E-state index contributed by atoms with van der Waals surface area (Å²) in [6.45, 7) is 2.86. The van der Waals surface area contributed by atoms with E-state index in [2.05, 4.69) is 46.5 Å². The van der Waals surface area contributed by atoms with E-state index in [4.69, 9.17) is 0 Å². The Labute approximate surface area is 158 Å². The second-order valence-electron chi connectivity index (χ2n) is 6.48. The molecular weight excluding hydrogens is 342 g/mol. The molecule has 1 aromatic carbocycles. The quantitative estimate of drug-likeness (QED) is 0.653. The molecule has 3 rings (SSSR count). The number of hydrogen-bond acceptors (Lipinski definition) is 4. The molecule has 0 bridgehead atoms. The number of carbonyl (C=O) groups is 1. The summed E-state index contributed by atoms with van der Waals surface area (Å²) in [6.07, 6.45) is 5.64. The maximum Gasteiger partial charge on any atom is 0.220 e. The molecule has 4 nitrogen and oxygen atoms in total. The molecule has 0 radical (unpaired) electrons. The fourth-order valence-electron chi connectivity index (χ4n) is 2.76. The standard InChI is InChI=1S/C21H23N3OS/c1-16(13-17-5-3-2-4-6-17)14-23-20(25)8-7-19-15-26-21(24-19)18-9-11-22-12-10-18/h2-6,9-12,15-16H,7-8,13-14H2,1H3,(H,23,25). The Hall–Kier alpha value is -2.53. The summed E-state index contributed by atoms with van der Waals surface area (Å²) >= 11 is 1.60. The topological polar surface area (TPSA) is 54.9 Å². The number of hydrogen-bond donors (Lipinski definition) is 1. The van der Waals surface area contributed by atoms with Crippen LogP contribution in [0.2, 0.25) is 0 Å². The zero-order valence-electron chi connectivity index (χ0n) is 14.9. The van der Waals surface area contributed by atoms with Gasteiger partial charge in [-0.05, 0) is 36.5 Å². The van der Waals surface area contributed by atoms with Gasteiger partial charge in [-0.1, -0.05) is 37.3 Å². The molecule has 1 N–H and O–H groups in total. The average Bonchev–Trinajstić information content (AvgIpc) is 3.15. The number of pyridine rings is 1. The van der Waals surface area contributed by atoms with Gasteiger partial charge in [0.05, 0.1) is 5.69 Å². The molecule has 3 aromatic rings. The van der Waals surface area contributed by atoms with Crippen LogP contribution in [-0.4, -0.2) is 22.4 Å². The zero-order valence-corrected chi connectivity index (χ0v) is 15.7. The van der Waals surface area contributed by atoms with Gasteiger partial charge in [0, 0.05) is 36.3 Å². The molecule has 2 heterocycles. The lowest BCUT2D eigenvalue weighted by Gasteiger charge is -2.12. The highest BCUT2D eigenvalue weighted by atomic mass is 32.1. The first-order valence-electron chi connectivity index (χ1n) is 8.86. The molecular formula is C21H23N3OS. The Morgan fingerprint density at radius 1 is 1.15 bits per heavy atom. The molecule has 1 amide bonds. The first-order chi connectivity index (χ1) is 12.7. The molecule has 1 unspecified atom stereocenters. The lowest BCUT2D eigenvalue weighted by Crippen LogP contribution is -2.29. The fraction of sp³-hybridized carbons (Fsp3) is 0.286. The molecule has 0 saturated heterocycles. The number of nitrogens with zero attached hydrogens (tertiary/aromatic N) is 2. The summed E-state index contributed by atoms with van der Waals surface area (Å²) in [5.74, 6) is 0.502. The molecule has 0 aliphatic heterocycles. The van der Waals surface area contributed by atoms with Gasteiger partial charge >= 0.3 is 0 Å². The maximum atomic E-state index is 12.1. The maximum absolute atomic E-state index is 12.1. The van der Waals surface area contributed by atoms with Gasteiger partial charge in [0.25, 0.3) is 0 Å². The highest BCUT2D eigenvalue weighted by Crippen LogP contribution is 2.23. The number of thiazole rings is 1. The summed E-state index contributed by atoms with van der Waals surface area (Å²) < 4.78 is 0. The van der Waals surface area contributed by atoms with E-state index in [-0.39, 0.29) is 5.91 Å². The first kappa shape index (κ1) is 18.3. The van der Waals surface area contributed by atoms with Crippen molar-refractivity contribution in [1.29, 1.82) is 0 Å². The summed E-state index contributed by atoms with van der Waals surface area (Å²) in [5.41, 5.74) is 3.34. The van der Waals surface area contributed by atoms with Crippen LogP contribution >= 0.6 is 11.3 Å². The van der Waals surface area contributed by atoms with E-state index < -0.39 is 0 Å². The monoisotopic (exact) mass is 365 g/mol. The summed E-state index contributed by atoms with van der Waals surface area (Å²) in [6, 6.07) is 14.3. The molecule has 5 heteroatoms. The lowest BCUT2D eigenvalue weighted by molar-refractivity contribution is -0.121. The fourth-order valence-corrected chi connectivity index (χ4v) is 3.62. The normalized spacial score (nSPS) is 11.9. The summed E-state index contributed by atoms with van der Waals surface area (Å²) in [7, 11) is 0. The Morgan fingerprint density at radius 3 is 2.69 bits per heavy atom. The average molecular weight is 366 g/mol. The van der Waals surface area contributed by atoms with Gasteiger partial charge in [-0.2, -0.15) is 0 Å². The molecule has 0 saturated carbocycles. The largest absolute Gasteiger partial charge is 0.356 e. The van der Waals surface area contributed by atoms with Crippen LogP contribution in [0.5, 0.6) is 0 Å². The molecule has 26 heavy (non-hydrogen) atoms. The van der Waals surface area contributed by atoms with E-state index >= 15 is 0 Å². The molecule has 134 valence electrons. The number of benzene rings is 1. The molecule has 0 aliphatic carbocycles. The Balaban J connectivity index is 1.41. The van der Waals surface area contributed by atoms with E-state index in [9.17, 15) is 4.79 Å². The van der Waals surface area contributed by atoms with Gasteiger partial charge in [-0.3, -0.25) is 9.78 Å². The Bertz CT molecular complexity index is 818. The minimum absolute atomic E-state index is 0.0865. The van der Waals surface area contributed by atoms with E-state index in [1.54, 1.807) is 23.7 Å². The van der Waals surface area contributed by atoms with E-state index in [0.717, 1.165) is 22.7 Å². The number of carbonyl (C=O) groups excluding carboxylic acids is 1. The number of nitrogens with one attached hydrogen (secondary N) is 1. The van der Waals surface area contributed by atoms with Crippen molar-refractivity contribution in [3.63, 3.8) is 0 Å². The number of amides is 1. The highest BCUT2D eigenvalue weighted by molar-refractivity contribution is 7.13. The van der Waals surface area contributed by atoms with Crippen LogP contribution in [0.1, 0.15) is 24.6 Å². The van der Waals surface area contributed by atoms with E-state index in [1.165, 1.54) is 5.56 Å². The van der Waals surface area contributed by atoms with Crippen LogP contribution in [0.15, 0.2) is 60.2 Å². The van der Waals surface area contributed by atoms with Gasteiger partial charge in [0.15, 0.2) is 0 Å². The van der Waals surface area contributed by atoms with Gasteiger partial charge < -0.3 is 5.32 Å². The minimum atomic E-state index is 0.0865. The van der Waals surface area contributed by atoms with Gasteiger partial charge in [0.2, 0.25) is 5.91 Å². The number of rotatable bonds is 8. The van der Waals surface area contributed by atoms with Crippen molar-refractivity contribution in [1.82, 2.24) is 15.3 Å². The molecule has 0 aliphatic rings. The number of aromatic nitrogens is 2. The van der Waals surface area contributed by atoms with Crippen molar-refractivity contribution in [2.75, 3.05) is 6.54 Å². The van der Waals surface area contributed by atoms with Crippen LogP contribution in [0, 0.1) is 5.92 Å². The first-order valence-corrected chi connectivity index (χ1v) is 9.74. The highest BCUT2D eigenvalue weighted by Gasteiger charge is 2.09. The van der Waals surface area contributed by atoms with Crippen LogP contribution in [-0.2, 0) is 17.6 Å². The number of aryl methyl sites for hydroxylation is 1. The molecule has 0 spiro atoms. The summed E-state index contributed by atoms with van der Waals surface area (Å²) in [4.78, 5) is 20.7. The Morgan fingerprint density at radius 2 is 1.92 bits per heavy atom. The Kier molecular flexibility index (Phi) is 6.50. The molecule has 1 atom stereocenters. The van der Waals surface area contributed by atoms with Crippen LogP contribution in [0.3, 0.4) is 0 Å². The third kappa shape index (κ3) is 5.49. The second-order valence-corrected chi connectivity index (χ2v) is 7.34. The predicted octanol–water partition coefficient (Wildman–Crippen LogP) is 4.13. The van der Waals surface area contributed by atoms with Crippen molar-refractivity contribution in [3.8, 4) is 10.6 Å². The van der Waals surface area contributed by atoms with Crippen molar-refractivity contribution >= 4 is 17.2 Å². The molecule has 0 fully saturated rings. The lowest BCUT2D eigenvalue weighted by atomic mass is 10.0. The van der Waals surface area contributed by atoms with Gasteiger partial charge in [-0.15, -0.1) is 11.3 Å². The van der Waals surface area contributed by atoms with Crippen LogP contribution < -0.4 is 5.32 Å². The smallest absolute Gasteiger partial charge is 0.220 e. The third-order valence-corrected chi connectivity index (χ3v) is 5.10. The van der Waals surface area contributed by atoms with Crippen molar-refractivity contribution < 1.29 is 4.79 Å². The van der Waals surface area contributed by atoms with Crippen molar-refractivity contribution in [3.05, 3.63) is 71.5 Å². The minimum Gasteiger partial charge on any atom is -0.356 e. The predicted molar refractivity (Wildman–Crippen MR) is 106 cm³/mol. The second kappa shape index (κ2) is 9.25. The summed E-state index contributed by atoms with van der Waals surface area (Å²) in [5, 5.41) is 6.04. The zero-order chi connectivity index (χ0) is 18.2. The van der Waals surface area contributed by atoms with Gasteiger partial charge in [0.1, 0.15) is 5.01 Å². The van der Waals surface area contributed by atoms with Crippen molar-refractivity contribution in [2.45, 2.75) is 26.2 Å². The van der Waals surface area contributed by atoms with Gasteiger partial charge in [-0.25, -0.2) is 4.98 Å². The van der Waals surface area contributed by atoms with E-state index in [1.807, 2.05) is 23.6 Å². The van der Waals surface area contributed by atoms with Crippen LogP contribution in [0.25, 0.3) is 10.6 Å². The van der Waals surface area contributed by atoms with Crippen molar-refractivity contribution in [2.24, 2.45) is 5.92 Å².